The van der Waals surface area contributed by atoms with Gasteiger partial charge in [0.15, 0.2) is 0 Å². The summed E-state index contributed by atoms with van der Waals surface area (Å²) in [6.45, 7) is 0. The predicted molar refractivity (Wildman–Crippen MR) is 69.2 cm³/mol. The quantitative estimate of drug-likeness (QED) is 0.837. The maximum Gasteiger partial charge on any atom is 0.326 e. The van der Waals surface area contributed by atoms with Crippen molar-refractivity contribution in [3.8, 4) is 0 Å². The van der Waals surface area contributed by atoms with Crippen LogP contribution in [0.5, 0.6) is 0 Å². The Hall–Kier alpha value is -2.90. The van der Waals surface area contributed by atoms with Crippen molar-refractivity contribution >= 4 is 17.6 Å². The molecule has 22 heavy (non-hydrogen) atoms. The molecule has 0 aliphatic carbocycles. The lowest BCUT2D eigenvalue weighted by atomic mass is 10.2. The first-order valence-electron chi connectivity index (χ1n) is 5.90. The lowest BCUT2D eigenvalue weighted by Crippen LogP contribution is -2.35. The van der Waals surface area contributed by atoms with Crippen molar-refractivity contribution < 1.29 is 27.2 Å². The highest BCUT2D eigenvalue weighted by Gasteiger charge is 2.20. The molecule has 0 spiro atoms. The molecule has 0 fully saturated rings. The number of carbonyl (C=O) groups excluding carboxylic acids is 2. The van der Waals surface area contributed by atoms with Crippen molar-refractivity contribution in [3.05, 3.63) is 65.2 Å². The van der Waals surface area contributed by atoms with Gasteiger partial charge in [0, 0.05) is 0 Å². The maximum atomic E-state index is 13.4. The molecule has 8 heteroatoms. The first-order chi connectivity index (χ1) is 10.4. The fourth-order valence-corrected chi connectivity index (χ4v) is 1.64. The molecule has 0 atom stereocenters. The molecule has 2 aromatic rings. The summed E-state index contributed by atoms with van der Waals surface area (Å²) in [7, 11) is 0. The van der Waals surface area contributed by atoms with Gasteiger partial charge in [0.25, 0.3) is 5.91 Å². The highest BCUT2D eigenvalue weighted by atomic mass is 19.1. The molecule has 2 rings (SSSR count). The van der Waals surface area contributed by atoms with Gasteiger partial charge in [0.05, 0.1) is 0 Å². The fourth-order valence-electron chi connectivity index (χ4n) is 1.64. The molecular weight excluding hydrogens is 304 g/mol. The van der Waals surface area contributed by atoms with Crippen molar-refractivity contribution in [1.82, 2.24) is 5.32 Å². The van der Waals surface area contributed by atoms with Crippen LogP contribution in [0.3, 0.4) is 0 Å². The largest absolute Gasteiger partial charge is 0.326 e. The summed E-state index contributed by atoms with van der Waals surface area (Å²) in [5.74, 6) is -5.88. The Morgan fingerprint density at radius 1 is 0.773 bits per heavy atom. The lowest BCUT2D eigenvalue weighted by Gasteiger charge is -2.09. The molecule has 0 bridgehead atoms. The molecule has 2 aromatic carbocycles. The average Bonchev–Trinajstić information content (AvgIpc) is 2.43. The zero-order chi connectivity index (χ0) is 16.3. The van der Waals surface area contributed by atoms with Crippen LogP contribution >= 0.6 is 0 Å². The molecule has 2 N–H and O–H groups in total. The molecule has 3 amide bonds. The minimum Gasteiger partial charge on any atom is -0.302 e. The number of rotatable bonds is 2. The zero-order valence-corrected chi connectivity index (χ0v) is 10.8. The Morgan fingerprint density at radius 2 is 1.23 bits per heavy atom. The molecule has 0 heterocycles. The van der Waals surface area contributed by atoms with Crippen LogP contribution in [-0.2, 0) is 0 Å². The number of carbonyl (C=O) groups is 2. The summed E-state index contributed by atoms with van der Waals surface area (Å²) in [5.41, 5.74) is -1.77. The maximum absolute atomic E-state index is 13.4. The number of urea groups is 1. The van der Waals surface area contributed by atoms with E-state index in [9.17, 15) is 27.2 Å². The topological polar surface area (TPSA) is 58.2 Å². The number of hydrogen-bond acceptors (Lipinski definition) is 2. The third kappa shape index (κ3) is 3.22. The monoisotopic (exact) mass is 312 g/mol. The van der Waals surface area contributed by atoms with Crippen LogP contribution in [0.4, 0.5) is 28.0 Å². The molecule has 0 saturated carbocycles. The van der Waals surface area contributed by atoms with E-state index in [2.05, 4.69) is 0 Å². The Morgan fingerprint density at radius 3 is 1.73 bits per heavy atom. The Labute approximate surface area is 121 Å². The second-order valence-electron chi connectivity index (χ2n) is 4.10. The third-order valence-corrected chi connectivity index (χ3v) is 2.62. The molecule has 0 saturated heterocycles. The van der Waals surface area contributed by atoms with Gasteiger partial charge in [0.1, 0.15) is 34.5 Å². The van der Waals surface area contributed by atoms with E-state index in [1.54, 1.807) is 10.6 Å². The number of imide groups is 1. The number of hydrogen-bond donors (Lipinski definition) is 2. The van der Waals surface area contributed by atoms with Crippen LogP contribution in [-0.4, -0.2) is 11.9 Å². The summed E-state index contributed by atoms with van der Waals surface area (Å²) in [5, 5.41) is 3.33. The van der Waals surface area contributed by atoms with E-state index in [0.29, 0.717) is 0 Å². The van der Waals surface area contributed by atoms with Crippen molar-refractivity contribution in [2.75, 3.05) is 5.32 Å². The van der Waals surface area contributed by atoms with Gasteiger partial charge < -0.3 is 5.32 Å². The third-order valence-electron chi connectivity index (χ3n) is 2.62. The van der Waals surface area contributed by atoms with Crippen LogP contribution in [0.15, 0.2) is 36.4 Å². The number of halogens is 4. The van der Waals surface area contributed by atoms with Gasteiger partial charge in [-0.25, -0.2) is 22.4 Å². The molecule has 4 nitrogen and oxygen atoms in total. The fraction of sp³-hybridized carbons (Fsp3) is 0. The van der Waals surface area contributed by atoms with Gasteiger partial charge in [-0.2, -0.15) is 0 Å². The van der Waals surface area contributed by atoms with Gasteiger partial charge in [-0.05, 0) is 24.3 Å². The first kappa shape index (κ1) is 15.5. The minimum atomic E-state index is -1.38. The second-order valence-corrected chi connectivity index (χ2v) is 4.10. The van der Waals surface area contributed by atoms with Gasteiger partial charge >= 0.3 is 6.03 Å². The van der Waals surface area contributed by atoms with E-state index < -0.39 is 46.5 Å². The summed E-state index contributed by atoms with van der Waals surface area (Å²) in [6.07, 6.45) is 0. The first-order valence-corrected chi connectivity index (χ1v) is 5.90. The Kier molecular flexibility index (Phi) is 4.40. The van der Waals surface area contributed by atoms with E-state index in [4.69, 9.17) is 0 Å². The van der Waals surface area contributed by atoms with Gasteiger partial charge in [0.2, 0.25) is 0 Å². The van der Waals surface area contributed by atoms with Crippen LogP contribution in [0.25, 0.3) is 0 Å². The van der Waals surface area contributed by atoms with Crippen molar-refractivity contribution in [1.29, 1.82) is 0 Å². The van der Waals surface area contributed by atoms with Crippen molar-refractivity contribution in [2.24, 2.45) is 0 Å². The van der Waals surface area contributed by atoms with E-state index >= 15 is 0 Å². The molecule has 0 aromatic heterocycles. The van der Waals surface area contributed by atoms with E-state index in [1.807, 2.05) is 0 Å². The highest BCUT2D eigenvalue weighted by Crippen LogP contribution is 2.18. The second kappa shape index (κ2) is 6.25. The number of para-hydroxylation sites is 1. The van der Waals surface area contributed by atoms with E-state index in [0.717, 1.165) is 36.4 Å². The molecule has 0 aliphatic rings. The van der Waals surface area contributed by atoms with Crippen LogP contribution in [0, 0.1) is 23.3 Å². The number of anilines is 1. The molecular formula is C14H8F4N2O2. The SMILES string of the molecule is O=C(NC(=O)c1c(F)cccc1F)Nc1c(F)cccc1F. The van der Waals surface area contributed by atoms with Gasteiger partial charge in [-0.15, -0.1) is 0 Å². The summed E-state index contributed by atoms with van der Waals surface area (Å²) < 4.78 is 53.3. The number of benzene rings is 2. The summed E-state index contributed by atoms with van der Waals surface area (Å²) in [6, 6.07) is 4.20. The van der Waals surface area contributed by atoms with E-state index in [-0.39, 0.29) is 0 Å². The molecule has 0 unspecified atom stereocenters. The standard InChI is InChI=1S/C14H8F4N2O2/c15-7-3-1-4-8(16)11(7)13(21)20-14(22)19-12-9(17)5-2-6-10(12)18/h1-6H,(H2,19,20,21,22). The molecule has 0 aliphatic heterocycles. The van der Waals surface area contributed by atoms with Crippen molar-refractivity contribution in [3.63, 3.8) is 0 Å². The minimum absolute atomic E-state index is 0.790. The van der Waals surface area contributed by atoms with Gasteiger partial charge in [-0.3, -0.25) is 10.1 Å². The number of amides is 3. The van der Waals surface area contributed by atoms with Gasteiger partial charge in [-0.1, -0.05) is 12.1 Å². The zero-order valence-electron chi connectivity index (χ0n) is 10.8. The number of nitrogens with one attached hydrogen (secondary N) is 2. The smallest absolute Gasteiger partial charge is 0.302 e. The van der Waals surface area contributed by atoms with Crippen LogP contribution in [0.2, 0.25) is 0 Å². The lowest BCUT2D eigenvalue weighted by molar-refractivity contribution is 0.0959. The predicted octanol–water partition coefficient (Wildman–Crippen LogP) is 3.20. The summed E-state index contributed by atoms with van der Waals surface area (Å²) >= 11 is 0. The Bertz CT molecular complexity index is 709. The normalized spacial score (nSPS) is 10.2. The Balaban J connectivity index is 2.14. The molecule has 114 valence electrons. The van der Waals surface area contributed by atoms with Crippen LogP contribution < -0.4 is 10.6 Å². The molecule has 0 radical (unpaired) electrons. The van der Waals surface area contributed by atoms with E-state index in [1.165, 1.54) is 0 Å². The van der Waals surface area contributed by atoms with Crippen molar-refractivity contribution in [2.45, 2.75) is 0 Å². The summed E-state index contributed by atoms with van der Waals surface area (Å²) in [4.78, 5) is 23.1. The highest BCUT2D eigenvalue weighted by molar-refractivity contribution is 6.08. The average molecular weight is 312 g/mol. The van der Waals surface area contributed by atoms with Crippen LogP contribution in [0.1, 0.15) is 10.4 Å².